The first-order valence-electron chi connectivity index (χ1n) is 9.53. The lowest BCUT2D eigenvalue weighted by molar-refractivity contribution is -0.0428. The number of hydrogen-bond acceptors (Lipinski definition) is 5. The van der Waals surface area contributed by atoms with E-state index in [4.69, 9.17) is 0 Å². The second kappa shape index (κ2) is 7.28. The molecule has 0 radical (unpaired) electrons. The number of imidazole rings is 1. The van der Waals surface area contributed by atoms with Crippen molar-refractivity contribution in [3.05, 3.63) is 42.1 Å². The first kappa shape index (κ1) is 18.5. The molecule has 7 heteroatoms. The summed E-state index contributed by atoms with van der Waals surface area (Å²) in [4.78, 5) is 24.7. The molecular formula is C20H27N5OS. The fourth-order valence-corrected chi connectivity index (χ4v) is 5.40. The van der Waals surface area contributed by atoms with Crippen LogP contribution in [0.25, 0.3) is 0 Å². The van der Waals surface area contributed by atoms with E-state index in [2.05, 4.69) is 27.2 Å². The van der Waals surface area contributed by atoms with Gasteiger partial charge in [0.1, 0.15) is 16.9 Å². The molecule has 2 bridgehead atoms. The summed E-state index contributed by atoms with van der Waals surface area (Å²) in [6, 6.07) is 3.52. The molecule has 0 spiro atoms. The molecule has 27 heavy (non-hydrogen) atoms. The lowest BCUT2D eigenvalue weighted by Gasteiger charge is -2.56. The molecule has 6 nitrogen and oxygen atoms in total. The van der Waals surface area contributed by atoms with Crippen LogP contribution in [0.4, 0.5) is 0 Å². The van der Waals surface area contributed by atoms with E-state index >= 15 is 0 Å². The number of nitrogens with one attached hydrogen (secondary N) is 1. The number of carbonyl (C=O) groups excluding carboxylic acids is 1. The molecule has 0 aromatic carbocycles. The number of carbonyl (C=O) groups is 1. The summed E-state index contributed by atoms with van der Waals surface area (Å²) in [6.45, 7) is 1.10. The molecule has 1 N–H and O–H groups in total. The minimum atomic E-state index is -0.147. The normalized spacial score (nSPS) is 26.1. The number of rotatable bonds is 5. The molecule has 5 rings (SSSR count). The van der Waals surface area contributed by atoms with Crippen molar-refractivity contribution in [3.8, 4) is 0 Å². The smallest absolute Gasteiger partial charge is 0.254 e. The molecule has 1 saturated carbocycles. The third kappa shape index (κ3) is 3.17. The van der Waals surface area contributed by atoms with Crippen molar-refractivity contribution in [1.82, 2.24) is 24.8 Å². The van der Waals surface area contributed by atoms with Crippen LogP contribution in [0.3, 0.4) is 0 Å². The largest absolute Gasteiger partial charge is 0.340 e. The number of aromatic nitrogens is 3. The average Bonchev–Trinajstić information content (AvgIpc) is 3.12. The number of hydrogen-bond donors (Lipinski definition) is 1. The van der Waals surface area contributed by atoms with Crippen LogP contribution in [0.5, 0.6) is 0 Å². The van der Waals surface area contributed by atoms with Crippen LogP contribution in [-0.2, 0) is 7.05 Å². The van der Waals surface area contributed by atoms with Gasteiger partial charge in [0.05, 0.1) is 5.56 Å². The van der Waals surface area contributed by atoms with E-state index in [1.54, 1.807) is 6.20 Å². The SMILES string of the molecule is CSc1ncccc1C(=O)NC(c1nccn1C)C12CCC(CC1)CN2C. The summed E-state index contributed by atoms with van der Waals surface area (Å²) in [6.07, 6.45) is 12.1. The third-order valence-corrected chi connectivity index (χ3v) is 7.11. The van der Waals surface area contributed by atoms with Crippen molar-refractivity contribution >= 4 is 17.7 Å². The number of amides is 1. The Morgan fingerprint density at radius 3 is 2.70 bits per heavy atom. The molecule has 3 fully saturated rings. The second-order valence-electron chi connectivity index (χ2n) is 7.79. The fourth-order valence-electron chi connectivity index (χ4n) is 4.85. The van der Waals surface area contributed by atoms with E-state index < -0.39 is 0 Å². The number of nitrogens with zero attached hydrogens (tertiary/aromatic N) is 4. The number of thioether (sulfide) groups is 1. The number of fused-ring (bicyclic) bond motifs is 3. The van der Waals surface area contributed by atoms with Gasteiger partial charge in [-0.05, 0) is 57.0 Å². The first-order chi connectivity index (χ1) is 13.0. The highest BCUT2D eigenvalue weighted by Gasteiger charge is 2.51. The number of aryl methyl sites for hydroxylation is 1. The fraction of sp³-hybridized carbons (Fsp3) is 0.550. The lowest BCUT2D eigenvalue weighted by Crippen LogP contribution is -2.63. The van der Waals surface area contributed by atoms with Crippen molar-refractivity contribution in [2.24, 2.45) is 13.0 Å². The molecule has 1 unspecified atom stereocenters. The Morgan fingerprint density at radius 1 is 1.30 bits per heavy atom. The van der Waals surface area contributed by atoms with E-state index in [0.29, 0.717) is 5.56 Å². The summed E-state index contributed by atoms with van der Waals surface area (Å²) < 4.78 is 2.03. The molecule has 3 aliphatic rings. The quantitative estimate of drug-likeness (QED) is 0.802. The summed E-state index contributed by atoms with van der Waals surface area (Å²) in [5, 5.41) is 4.11. The summed E-state index contributed by atoms with van der Waals surface area (Å²) in [5.74, 6) is 1.64. The standard InChI is InChI=1S/C20H27N5OS/c1-24-12-11-21-17(24)16(20-8-6-14(7-9-20)13-25(20)2)23-18(26)15-5-4-10-22-19(15)27-3/h4-5,10-12,14,16H,6-9,13H2,1-3H3,(H,23,26). The van der Waals surface area contributed by atoms with Gasteiger partial charge in [0.25, 0.3) is 5.91 Å². The minimum absolute atomic E-state index is 0.0732. The molecule has 144 valence electrons. The van der Waals surface area contributed by atoms with Crippen LogP contribution < -0.4 is 5.32 Å². The van der Waals surface area contributed by atoms with Crippen LogP contribution in [0.1, 0.15) is 47.9 Å². The molecule has 2 aromatic heterocycles. The van der Waals surface area contributed by atoms with Gasteiger partial charge >= 0.3 is 0 Å². The van der Waals surface area contributed by atoms with Crippen LogP contribution >= 0.6 is 11.8 Å². The van der Waals surface area contributed by atoms with Gasteiger partial charge in [-0.25, -0.2) is 9.97 Å². The van der Waals surface area contributed by atoms with E-state index in [0.717, 1.165) is 36.2 Å². The molecule has 1 atom stereocenters. The zero-order valence-corrected chi connectivity index (χ0v) is 17.0. The maximum atomic E-state index is 13.2. The maximum absolute atomic E-state index is 13.2. The topological polar surface area (TPSA) is 63.1 Å². The van der Waals surface area contributed by atoms with E-state index in [9.17, 15) is 4.79 Å². The Hall–Kier alpha value is -1.86. The maximum Gasteiger partial charge on any atom is 0.254 e. The molecule has 1 aliphatic carbocycles. The van der Waals surface area contributed by atoms with Gasteiger partial charge in [-0.1, -0.05) is 0 Å². The summed E-state index contributed by atoms with van der Waals surface area (Å²) in [5.41, 5.74) is 0.554. The molecular weight excluding hydrogens is 358 g/mol. The van der Waals surface area contributed by atoms with Crippen LogP contribution in [0.15, 0.2) is 35.7 Å². The van der Waals surface area contributed by atoms with Crippen LogP contribution in [0, 0.1) is 5.92 Å². The van der Waals surface area contributed by atoms with Gasteiger partial charge in [-0.2, -0.15) is 0 Å². The Labute approximate surface area is 164 Å². The molecule has 2 aromatic rings. The van der Waals surface area contributed by atoms with Crippen molar-refractivity contribution in [3.63, 3.8) is 0 Å². The van der Waals surface area contributed by atoms with Gasteiger partial charge in [-0.3, -0.25) is 9.69 Å². The Kier molecular flexibility index (Phi) is 4.99. The van der Waals surface area contributed by atoms with Crippen molar-refractivity contribution in [2.45, 2.75) is 42.3 Å². The van der Waals surface area contributed by atoms with Crippen LogP contribution in [0.2, 0.25) is 0 Å². The van der Waals surface area contributed by atoms with Gasteiger partial charge in [0.2, 0.25) is 0 Å². The average molecular weight is 386 g/mol. The first-order valence-corrected chi connectivity index (χ1v) is 10.8. The van der Waals surface area contributed by atoms with Crippen molar-refractivity contribution in [2.75, 3.05) is 19.8 Å². The zero-order chi connectivity index (χ0) is 19.0. The Morgan fingerprint density at radius 2 is 2.07 bits per heavy atom. The highest BCUT2D eigenvalue weighted by molar-refractivity contribution is 7.98. The highest BCUT2D eigenvalue weighted by atomic mass is 32.2. The van der Waals surface area contributed by atoms with Gasteiger partial charge in [-0.15, -0.1) is 11.8 Å². The predicted molar refractivity (Wildman–Crippen MR) is 107 cm³/mol. The van der Waals surface area contributed by atoms with E-state index in [1.165, 1.54) is 24.6 Å². The van der Waals surface area contributed by atoms with Gasteiger partial charge in [0.15, 0.2) is 0 Å². The predicted octanol–water partition coefficient (Wildman–Crippen LogP) is 2.88. The second-order valence-corrected chi connectivity index (χ2v) is 8.59. The summed E-state index contributed by atoms with van der Waals surface area (Å²) >= 11 is 1.50. The number of pyridine rings is 1. The monoisotopic (exact) mass is 385 g/mol. The molecule has 2 aliphatic heterocycles. The van der Waals surface area contributed by atoms with Gasteiger partial charge in [0, 0.05) is 37.7 Å². The van der Waals surface area contributed by atoms with Crippen molar-refractivity contribution in [1.29, 1.82) is 0 Å². The van der Waals surface area contributed by atoms with E-state index in [1.807, 2.05) is 42.4 Å². The third-order valence-electron chi connectivity index (χ3n) is 6.40. The highest BCUT2D eigenvalue weighted by Crippen LogP contribution is 2.48. The lowest BCUT2D eigenvalue weighted by atomic mass is 9.67. The Balaban J connectivity index is 1.71. The molecule has 4 heterocycles. The number of likely N-dealkylation sites (N-methyl/N-ethyl adjacent to an activating group) is 1. The summed E-state index contributed by atoms with van der Waals surface area (Å²) in [7, 11) is 4.20. The zero-order valence-electron chi connectivity index (χ0n) is 16.2. The Bertz CT molecular complexity index is 827. The van der Waals surface area contributed by atoms with Crippen molar-refractivity contribution < 1.29 is 4.79 Å². The molecule has 2 saturated heterocycles. The molecule has 1 amide bonds. The van der Waals surface area contributed by atoms with E-state index in [-0.39, 0.29) is 17.5 Å². The van der Waals surface area contributed by atoms with Gasteiger partial charge < -0.3 is 9.88 Å². The minimum Gasteiger partial charge on any atom is -0.340 e. The number of piperidine rings is 2. The van der Waals surface area contributed by atoms with Crippen LogP contribution in [-0.4, -0.2) is 50.7 Å².